The number of rotatable bonds is 5. The molecule has 110 valence electrons. The van der Waals surface area contributed by atoms with Crippen LogP contribution < -0.4 is 10.6 Å². The van der Waals surface area contributed by atoms with Crippen LogP contribution >= 0.6 is 11.6 Å². The molecular formula is C14H15ClN4O2. The van der Waals surface area contributed by atoms with Crippen LogP contribution in [0.5, 0.6) is 0 Å². The van der Waals surface area contributed by atoms with E-state index in [2.05, 4.69) is 15.6 Å². The van der Waals surface area contributed by atoms with Crippen molar-refractivity contribution in [3.05, 3.63) is 48.0 Å². The van der Waals surface area contributed by atoms with Gasteiger partial charge in [-0.2, -0.15) is 0 Å². The lowest BCUT2D eigenvalue weighted by Gasteiger charge is -2.07. The summed E-state index contributed by atoms with van der Waals surface area (Å²) >= 11 is 5.74. The Balaban J connectivity index is 1.70. The van der Waals surface area contributed by atoms with Crippen LogP contribution in [-0.4, -0.2) is 27.9 Å². The molecule has 0 spiro atoms. The van der Waals surface area contributed by atoms with E-state index in [1.807, 2.05) is 10.8 Å². The second kappa shape index (κ2) is 7.44. The van der Waals surface area contributed by atoms with E-state index in [0.29, 0.717) is 17.3 Å². The van der Waals surface area contributed by atoms with E-state index in [1.165, 1.54) is 0 Å². The van der Waals surface area contributed by atoms with Gasteiger partial charge in [0.05, 0.1) is 6.33 Å². The van der Waals surface area contributed by atoms with E-state index in [9.17, 15) is 9.59 Å². The summed E-state index contributed by atoms with van der Waals surface area (Å²) in [5.74, 6) is -1.35. The maximum atomic E-state index is 11.6. The first-order valence-corrected chi connectivity index (χ1v) is 6.83. The molecule has 2 aromatic rings. The van der Waals surface area contributed by atoms with Gasteiger partial charge in [0.25, 0.3) is 0 Å². The maximum absolute atomic E-state index is 11.6. The number of carbonyl (C=O) groups excluding carboxylic acids is 2. The van der Waals surface area contributed by atoms with Gasteiger partial charge in [0.2, 0.25) is 0 Å². The SMILES string of the molecule is O=C(NCCCn1ccnc1)C(=O)Nc1ccc(Cl)cc1. The molecular weight excluding hydrogens is 292 g/mol. The molecule has 7 heteroatoms. The molecule has 0 unspecified atom stereocenters. The zero-order valence-electron chi connectivity index (χ0n) is 11.3. The van der Waals surface area contributed by atoms with Crippen molar-refractivity contribution in [3.63, 3.8) is 0 Å². The molecule has 0 fully saturated rings. The number of imidazole rings is 1. The van der Waals surface area contributed by atoms with Crippen molar-refractivity contribution < 1.29 is 9.59 Å². The van der Waals surface area contributed by atoms with Crippen LogP contribution in [0.4, 0.5) is 5.69 Å². The normalized spacial score (nSPS) is 10.1. The molecule has 0 aliphatic heterocycles. The van der Waals surface area contributed by atoms with Crippen molar-refractivity contribution in [1.82, 2.24) is 14.9 Å². The number of nitrogens with zero attached hydrogens (tertiary/aromatic N) is 2. The lowest BCUT2D eigenvalue weighted by atomic mass is 10.3. The number of halogens is 1. The molecule has 2 amide bonds. The number of aryl methyl sites for hydroxylation is 1. The fourth-order valence-electron chi connectivity index (χ4n) is 1.68. The highest BCUT2D eigenvalue weighted by Crippen LogP contribution is 2.13. The van der Waals surface area contributed by atoms with Crippen LogP contribution in [0.15, 0.2) is 43.0 Å². The predicted molar refractivity (Wildman–Crippen MR) is 79.9 cm³/mol. The molecule has 6 nitrogen and oxygen atoms in total. The predicted octanol–water partition coefficient (Wildman–Crippen LogP) is 1.68. The largest absolute Gasteiger partial charge is 0.348 e. The van der Waals surface area contributed by atoms with E-state index in [1.54, 1.807) is 36.8 Å². The Morgan fingerprint density at radius 1 is 1.19 bits per heavy atom. The van der Waals surface area contributed by atoms with Gasteiger partial charge in [0, 0.05) is 36.2 Å². The first-order chi connectivity index (χ1) is 10.1. The van der Waals surface area contributed by atoms with Crippen molar-refractivity contribution in [3.8, 4) is 0 Å². The Labute approximate surface area is 127 Å². The number of nitrogens with one attached hydrogen (secondary N) is 2. The summed E-state index contributed by atoms with van der Waals surface area (Å²) in [4.78, 5) is 27.2. The summed E-state index contributed by atoms with van der Waals surface area (Å²) in [5.41, 5.74) is 0.526. The zero-order valence-corrected chi connectivity index (χ0v) is 12.0. The molecule has 0 saturated heterocycles. The van der Waals surface area contributed by atoms with Crippen molar-refractivity contribution in [2.75, 3.05) is 11.9 Å². The molecule has 2 N–H and O–H groups in total. The molecule has 0 radical (unpaired) electrons. The summed E-state index contributed by atoms with van der Waals surface area (Å²) < 4.78 is 1.90. The van der Waals surface area contributed by atoms with E-state index < -0.39 is 11.8 Å². The first-order valence-electron chi connectivity index (χ1n) is 6.45. The van der Waals surface area contributed by atoms with E-state index in [-0.39, 0.29) is 0 Å². The lowest BCUT2D eigenvalue weighted by Crippen LogP contribution is -2.36. The second-order valence-corrected chi connectivity index (χ2v) is 4.81. The Hall–Kier alpha value is -2.34. The fraction of sp³-hybridized carbons (Fsp3) is 0.214. The highest BCUT2D eigenvalue weighted by Gasteiger charge is 2.12. The summed E-state index contributed by atoms with van der Waals surface area (Å²) in [7, 11) is 0. The molecule has 1 heterocycles. The van der Waals surface area contributed by atoms with Gasteiger partial charge in [-0.3, -0.25) is 9.59 Å². The molecule has 0 bridgehead atoms. The van der Waals surface area contributed by atoms with Crippen molar-refractivity contribution >= 4 is 29.1 Å². The fourth-order valence-corrected chi connectivity index (χ4v) is 1.81. The van der Waals surface area contributed by atoms with Gasteiger partial charge in [-0.1, -0.05) is 11.6 Å². The average molecular weight is 307 g/mol. The summed E-state index contributed by atoms with van der Waals surface area (Å²) in [5, 5.41) is 5.63. The average Bonchev–Trinajstić information content (AvgIpc) is 2.99. The van der Waals surface area contributed by atoms with Gasteiger partial charge in [-0.15, -0.1) is 0 Å². The summed E-state index contributed by atoms with van der Waals surface area (Å²) in [6, 6.07) is 6.54. The van der Waals surface area contributed by atoms with Crippen molar-refractivity contribution in [1.29, 1.82) is 0 Å². The molecule has 0 atom stereocenters. The highest BCUT2D eigenvalue weighted by molar-refractivity contribution is 6.39. The molecule has 0 saturated carbocycles. The molecule has 0 aliphatic rings. The zero-order chi connectivity index (χ0) is 15.1. The number of amides is 2. The highest BCUT2D eigenvalue weighted by atomic mass is 35.5. The van der Waals surface area contributed by atoms with Crippen molar-refractivity contribution in [2.45, 2.75) is 13.0 Å². The number of hydrogen-bond donors (Lipinski definition) is 2. The van der Waals surface area contributed by atoms with Gasteiger partial charge < -0.3 is 15.2 Å². The van der Waals surface area contributed by atoms with Gasteiger partial charge in [-0.25, -0.2) is 4.98 Å². The third-order valence-corrected chi connectivity index (χ3v) is 3.00. The van der Waals surface area contributed by atoms with Crippen LogP contribution in [0.2, 0.25) is 5.02 Å². The van der Waals surface area contributed by atoms with Gasteiger partial charge >= 0.3 is 11.8 Å². The standard InChI is InChI=1S/C14H15ClN4O2/c15-11-2-4-12(5-3-11)18-14(21)13(20)17-6-1-8-19-9-7-16-10-19/h2-5,7,9-10H,1,6,8H2,(H,17,20)(H,18,21). The Morgan fingerprint density at radius 3 is 2.62 bits per heavy atom. The topological polar surface area (TPSA) is 76.0 Å². The lowest BCUT2D eigenvalue weighted by molar-refractivity contribution is -0.136. The number of anilines is 1. The first kappa shape index (κ1) is 15.1. The van der Waals surface area contributed by atoms with E-state index in [0.717, 1.165) is 13.0 Å². The Morgan fingerprint density at radius 2 is 1.95 bits per heavy atom. The minimum atomic E-state index is -0.694. The second-order valence-electron chi connectivity index (χ2n) is 4.37. The van der Waals surface area contributed by atoms with Crippen LogP contribution in [0.25, 0.3) is 0 Å². The van der Waals surface area contributed by atoms with Crippen LogP contribution in [0.3, 0.4) is 0 Å². The number of aromatic nitrogens is 2. The van der Waals surface area contributed by atoms with Crippen molar-refractivity contribution in [2.24, 2.45) is 0 Å². The van der Waals surface area contributed by atoms with Gasteiger partial charge in [-0.05, 0) is 30.7 Å². The molecule has 1 aromatic carbocycles. The third-order valence-electron chi connectivity index (χ3n) is 2.75. The quantitative estimate of drug-likeness (QED) is 0.652. The minimum absolute atomic E-state index is 0.422. The molecule has 1 aromatic heterocycles. The number of carbonyl (C=O) groups is 2. The molecule has 21 heavy (non-hydrogen) atoms. The monoisotopic (exact) mass is 306 g/mol. The van der Waals surface area contributed by atoms with Crippen LogP contribution in [0, 0.1) is 0 Å². The van der Waals surface area contributed by atoms with Gasteiger partial charge in [0.1, 0.15) is 0 Å². The summed E-state index contributed by atoms with van der Waals surface area (Å²) in [6.45, 7) is 1.16. The summed E-state index contributed by atoms with van der Waals surface area (Å²) in [6.07, 6.45) is 5.96. The number of benzene rings is 1. The maximum Gasteiger partial charge on any atom is 0.313 e. The smallest absolute Gasteiger partial charge is 0.313 e. The van der Waals surface area contributed by atoms with Crippen LogP contribution in [-0.2, 0) is 16.1 Å². The van der Waals surface area contributed by atoms with Gasteiger partial charge in [0.15, 0.2) is 0 Å². The Kier molecular flexibility index (Phi) is 5.34. The number of hydrogen-bond acceptors (Lipinski definition) is 3. The molecule has 2 rings (SSSR count). The minimum Gasteiger partial charge on any atom is -0.348 e. The van der Waals surface area contributed by atoms with E-state index >= 15 is 0 Å². The Bertz CT molecular complexity index is 596. The molecule has 0 aliphatic carbocycles. The van der Waals surface area contributed by atoms with Crippen LogP contribution in [0.1, 0.15) is 6.42 Å². The third kappa shape index (κ3) is 4.92. The van der Waals surface area contributed by atoms with E-state index in [4.69, 9.17) is 11.6 Å².